The van der Waals surface area contributed by atoms with Gasteiger partial charge in [0.1, 0.15) is 5.82 Å². The highest BCUT2D eigenvalue weighted by molar-refractivity contribution is 5.94. The van der Waals surface area contributed by atoms with Crippen molar-refractivity contribution in [3.8, 4) is 0 Å². The Labute approximate surface area is 124 Å². The van der Waals surface area contributed by atoms with Gasteiger partial charge in [-0.1, -0.05) is 13.3 Å². The van der Waals surface area contributed by atoms with Crippen molar-refractivity contribution in [2.24, 2.45) is 0 Å². The fourth-order valence-corrected chi connectivity index (χ4v) is 1.83. The molecule has 0 saturated heterocycles. The van der Waals surface area contributed by atoms with Crippen LogP contribution >= 0.6 is 0 Å². The maximum atomic E-state index is 11.2. The molecule has 5 nitrogen and oxygen atoms in total. The van der Waals surface area contributed by atoms with E-state index in [1.807, 2.05) is 18.2 Å². The van der Waals surface area contributed by atoms with E-state index in [2.05, 4.69) is 27.5 Å². The van der Waals surface area contributed by atoms with Crippen molar-refractivity contribution in [3.63, 3.8) is 0 Å². The molecule has 0 bridgehead atoms. The molecule has 0 aliphatic heterocycles. The highest BCUT2D eigenvalue weighted by Gasteiger charge is 2.01. The molecule has 0 radical (unpaired) electrons. The smallest absolute Gasteiger partial charge is 0.224 e. The average molecular weight is 284 g/mol. The van der Waals surface area contributed by atoms with E-state index in [-0.39, 0.29) is 5.78 Å². The minimum atomic E-state index is 0.0611. The van der Waals surface area contributed by atoms with Gasteiger partial charge in [-0.15, -0.1) is 0 Å². The Morgan fingerprint density at radius 1 is 1.19 bits per heavy atom. The summed E-state index contributed by atoms with van der Waals surface area (Å²) in [6.45, 7) is 4.57. The van der Waals surface area contributed by atoms with Gasteiger partial charge < -0.3 is 10.6 Å². The third-order valence-electron chi connectivity index (χ3n) is 3.03. The van der Waals surface area contributed by atoms with E-state index in [1.165, 1.54) is 0 Å². The summed E-state index contributed by atoms with van der Waals surface area (Å²) in [5.41, 5.74) is 1.59. The van der Waals surface area contributed by atoms with E-state index in [4.69, 9.17) is 0 Å². The molecule has 21 heavy (non-hydrogen) atoms. The van der Waals surface area contributed by atoms with Gasteiger partial charge >= 0.3 is 0 Å². The average Bonchev–Trinajstić information content (AvgIpc) is 2.48. The van der Waals surface area contributed by atoms with Crippen LogP contribution in [0.5, 0.6) is 0 Å². The van der Waals surface area contributed by atoms with Gasteiger partial charge in [0, 0.05) is 24.0 Å². The van der Waals surface area contributed by atoms with Crippen LogP contribution in [0.25, 0.3) is 0 Å². The van der Waals surface area contributed by atoms with Crippen LogP contribution in [-0.4, -0.2) is 22.3 Å². The highest BCUT2D eigenvalue weighted by atomic mass is 16.1. The minimum Gasteiger partial charge on any atom is -0.354 e. The number of anilines is 3. The maximum Gasteiger partial charge on any atom is 0.224 e. The largest absolute Gasteiger partial charge is 0.354 e. The Hall–Kier alpha value is -2.43. The number of carbonyl (C=O) groups is 1. The Morgan fingerprint density at radius 3 is 2.62 bits per heavy atom. The van der Waals surface area contributed by atoms with Gasteiger partial charge in [0.05, 0.1) is 0 Å². The number of benzene rings is 1. The van der Waals surface area contributed by atoms with Crippen molar-refractivity contribution in [2.75, 3.05) is 17.2 Å². The molecular weight excluding hydrogens is 264 g/mol. The van der Waals surface area contributed by atoms with E-state index in [9.17, 15) is 4.79 Å². The number of carbonyl (C=O) groups excluding carboxylic acids is 1. The molecule has 110 valence electrons. The zero-order chi connectivity index (χ0) is 15.1. The Kier molecular flexibility index (Phi) is 5.26. The number of aromatic nitrogens is 2. The van der Waals surface area contributed by atoms with Crippen LogP contribution in [0.3, 0.4) is 0 Å². The van der Waals surface area contributed by atoms with Crippen LogP contribution in [0.1, 0.15) is 37.0 Å². The minimum absolute atomic E-state index is 0.0611. The van der Waals surface area contributed by atoms with Crippen LogP contribution < -0.4 is 10.6 Å². The monoisotopic (exact) mass is 284 g/mol. The normalized spacial score (nSPS) is 10.2. The van der Waals surface area contributed by atoms with Crippen molar-refractivity contribution >= 4 is 23.2 Å². The lowest BCUT2D eigenvalue weighted by Crippen LogP contribution is -2.06. The van der Waals surface area contributed by atoms with Gasteiger partial charge in [0.2, 0.25) is 5.95 Å². The molecule has 1 heterocycles. The zero-order valence-electron chi connectivity index (χ0n) is 12.4. The van der Waals surface area contributed by atoms with Crippen molar-refractivity contribution < 1.29 is 4.79 Å². The fourth-order valence-electron chi connectivity index (χ4n) is 1.83. The molecule has 0 amide bonds. The van der Waals surface area contributed by atoms with Gasteiger partial charge in [0.25, 0.3) is 0 Å². The number of Topliss-reactive ketones (excluding diaryl/α,β-unsaturated/α-hetero) is 1. The number of rotatable bonds is 7. The molecule has 5 heteroatoms. The molecule has 0 aliphatic carbocycles. The SMILES string of the molecule is CCCCNc1nccc(Nc2ccc(C(C)=O)cc2)n1. The summed E-state index contributed by atoms with van der Waals surface area (Å²) in [6, 6.07) is 9.13. The first kappa shape index (κ1) is 15.0. The Bertz CT molecular complexity index is 595. The quantitative estimate of drug-likeness (QED) is 0.600. The molecule has 0 unspecified atom stereocenters. The molecule has 0 atom stereocenters. The molecule has 2 N–H and O–H groups in total. The molecule has 2 rings (SSSR count). The molecule has 2 aromatic rings. The van der Waals surface area contributed by atoms with Crippen molar-refractivity contribution in [1.82, 2.24) is 9.97 Å². The maximum absolute atomic E-state index is 11.2. The summed E-state index contributed by atoms with van der Waals surface area (Å²) in [4.78, 5) is 19.8. The lowest BCUT2D eigenvalue weighted by molar-refractivity contribution is 0.101. The third kappa shape index (κ3) is 4.56. The van der Waals surface area contributed by atoms with E-state index >= 15 is 0 Å². The number of hydrogen-bond donors (Lipinski definition) is 2. The fraction of sp³-hybridized carbons (Fsp3) is 0.312. The van der Waals surface area contributed by atoms with E-state index in [0.29, 0.717) is 11.5 Å². The first-order valence-electron chi connectivity index (χ1n) is 7.14. The molecule has 0 saturated carbocycles. The summed E-state index contributed by atoms with van der Waals surface area (Å²) < 4.78 is 0. The Morgan fingerprint density at radius 2 is 1.95 bits per heavy atom. The van der Waals surface area contributed by atoms with Crippen LogP contribution in [0.4, 0.5) is 17.5 Å². The van der Waals surface area contributed by atoms with E-state index in [0.717, 1.165) is 30.9 Å². The van der Waals surface area contributed by atoms with Gasteiger partial charge in [0.15, 0.2) is 5.78 Å². The number of ketones is 1. The lowest BCUT2D eigenvalue weighted by atomic mass is 10.1. The van der Waals surface area contributed by atoms with Crippen LogP contribution in [0.2, 0.25) is 0 Å². The summed E-state index contributed by atoms with van der Waals surface area (Å²) in [5.74, 6) is 1.40. The second kappa shape index (κ2) is 7.38. The molecule has 0 spiro atoms. The van der Waals surface area contributed by atoms with Gasteiger partial charge in [-0.3, -0.25) is 4.79 Å². The summed E-state index contributed by atoms with van der Waals surface area (Å²) in [5, 5.41) is 6.39. The second-order valence-corrected chi connectivity index (χ2v) is 4.80. The zero-order valence-corrected chi connectivity index (χ0v) is 12.4. The molecule has 1 aromatic heterocycles. The summed E-state index contributed by atoms with van der Waals surface area (Å²) in [6.07, 6.45) is 3.94. The van der Waals surface area contributed by atoms with E-state index < -0.39 is 0 Å². The predicted octanol–water partition coefficient (Wildman–Crippen LogP) is 3.63. The number of unbranched alkanes of at least 4 members (excludes halogenated alkanes) is 1. The number of nitrogens with zero attached hydrogens (tertiary/aromatic N) is 2. The van der Waals surface area contributed by atoms with Gasteiger partial charge in [-0.25, -0.2) is 4.98 Å². The van der Waals surface area contributed by atoms with Crippen LogP contribution in [0.15, 0.2) is 36.5 Å². The molecular formula is C16H20N4O. The first-order valence-corrected chi connectivity index (χ1v) is 7.14. The Balaban J connectivity index is 2.01. The topological polar surface area (TPSA) is 66.9 Å². The standard InChI is InChI=1S/C16H20N4O/c1-3-4-10-17-16-18-11-9-15(20-16)19-14-7-5-13(6-8-14)12(2)21/h5-9,11H,3-4,10H2,1-2H3,(H2,17,18,19,20). The summed E-state index contributed by atoms with van der Waals surface area (Å²) in [7, 11) is 0. The van der Waals surface area contributed by atoms with Crippen molar-refractivity contribution in [2.45, 2.75) is 26.7 Å². The summed E-state index contributed by atoms with van der Waals surface area (Å²) >= 11 is 0. The number of nitrogens with one attached hydrogen (secondary N) is 2. The van der Waals surface area contributed by atoms with Crippen molar-refractivity contribution in [3.05, 3.63) is 42.1 Å². The van der Waals surface area contributed by atoms with Crippen molar-refractivity contribution in [1.29, 1.82) is 0 Å². The van der Waals surface area contributed by atoms with Crippen LogP contribution in [-0.2, 0) is 0 Å². The molecule has 1 aromatic carbocycles. The van der Waals surface area contributed by atoms with Gasteiger partial charge in [-0.05, 0) is 43.7 Å². The van der Waals surface area contributed by atoms with E-state index in [1.54, 1.807) is 25.3 Å². The second-order valence-electron chi connectivity index (χ2n) is 4.80. The highest BCUT2D eigenvalue weighted by Crippen LogP contribution is 2.16. The van der Waals surface area contributed by atoms with Gasteiger partial charge in [-0.2, -0.15) is 4.98 Å². The van der Waals surface area contributed by atoms with Crippen LogP contribution in [0, 0.1) is 0 Å². The third-order valence-corrected chi connectivity index (χ3v) is 3.03. The lowest BCUT2D eigenvalue weighted by Gasteiger charge is -2.08. The molecule has 0 aliphatic rings. The molecule has 0 fully saturated rings. The predicted molar refractivity (Wildman–Crippen MR) is 85.2 cm³/mol. The number of hydrogen-bond acceptors (Lipinski definition) is 5. The first-order chi connectivity index (χ1) is 10.2.